The number of carbonyl (C=O) groups excluding carboxylic acids is 2. The van der Waals surface area contributed by atoms with Gasteiger partial charge in [-0.05, 0) is 26.0 Å². The zero-order valence-electron chi connectivity index (χ0n) is 10.6. The lowest BCUT2D eigenvalue weighted by atomic mass is 10.2. The van der Waals surface area contributed by atoms with Crippen LogP contribution >= 0.6 is 0 Å². The van der Waals surface area contributed by atoms with Gasteiger partial charge in [-0.15, -0.1) is 0 Å². The Labute approximate surface area is 109 Å². The molecule has 6 heteroatoms. The molecule has 0 radical (unpaired) electrons. The number of hydrogen-bond donors (Lipinski definition) is 2. The van der Waals surface area contributed by atoms with Crippen LogP contribution < -0.4 is 5.32 Å². The summed E-state index contributed by atoms with van der Waals surface area (Å²) in [4.78, 5) is 26.5. The maximum Gasteiger partial charge on any atom is 0.342 e. The molecular formula is C13H14N2O4. The van der Waals surface area contributed by atoms with Crippen LogP contribution in [0.5, 0.6) is 0 Å². The van der Waals surface area contributed by atoms with Crippen molar-refractivity contribution < 1.29 is 18.7 Å². The lowest BCUT2D eigenvalue weighted by Gasteiger charge is -2.05. The summed E-state index contributed by atoms with van der Waals surface area (Å²) < 4.78 is 9.93. The summed E-state index contributed by atoms with van der Waals surface area (Å²) in [5, 5.41) is 2.61. The largest absolute Gasteiger partial charge is 0.462 e. The average Bonchev–Trinajstić information content (AvgIpc) is 2.99. The van der Waals surface area contributed by atoms with E-state index in [1.807, 2.05) is 0 Å². The molecule has 0 bridgehead atoms. The molecule has 100 valence electrons. The first-order valence-corrected chi connectivity index (χ1v) is 5.83. The lowest BCUT2D eigenvalue weighted by Crippen LogP contribution is -2.14. The first-order valence-electron chi connectivity index (χ1n) is 5.83. The van der Waals surface area contributed by atoms with Gasteiger partial charge in [0.2, 0.25) is 0 Å². The third kappa shape index (κ3) is 2.67. The molecule has 0 aromatic carbocycles. The van der Waals surface area contributed by atoms with E-state index in [-0.39, 0.29) is 12.4 Å². The third-order valence-corrected chi connectivity index (χ3v) is 2.55. The van der Waals surface area contributed by atoms with Crippen molar-refractivity contribution in [2.75, 3.05) is 11.9 Å². The van der Waals surface area contributed by atoms with Gasteiger partial charge in [0, 0.05) is 11.9 Å². The van der Waals surface area contributed by atoms with E-state index in [0.717, 1.165) is 0 Å². The number of H-pyrrole nitrogens is 1. The van der Waals surface area contributed by atoms with E-state index >= 15 is 0 Å². The highest BCUT2D eigenvalue weighted by molar-refractivity contribution is 6.07. The molecule has 0 spiro atoms. The zero-order valence-corrected chi connectivity index (χ0v) is 10.6. The number of esters is 1. The van der Waals surface area contributed by atoms with Gasteiger partial charge in [-0.1, -0.05) is 0 Å². The number of carbonyl (C=O) groups is 2. The monoisotopic (exact) mass is 262 g/mol. The molecule has 19 heavy (non-hydrogen) atoms. The molecule has 2 rings (SSSR count). The van der Waals surface area contributed by atoms with Gasteiger partial charge in [0.05, 0.1) is 18.6 Å². The van der Waals surface area contributed by atoms with Crippen LogP contribution in [0, 0.1) is 6.92 Å². The van der Waals surface area contributed by atoms with Crippen molar-refractivity contribution in [1.29, 1.82) is 0 Å². The molecule has 0 unspecified atom stereocenters. The summed E-state index contributed by atoms with van der Waals surface area (Å²) in [6.45, 7) is 3.73. The van der Waals surface area contributed by atoms with Crippen molar-refractivity contribution in [2.24, 2.45) is 0 Å². The van der Waals surface area contributed by atoms with Crippen molar-refractivity contribution in [1.82, 2.24) is 4.98 Å². The van der Waals surface area contributed by atoms with Crippen LogP contribution in [0.4, 0.5) is 5.69 Å². The minimum absolute atomic E-state index is 0.175. The summed E-state index contributed by atoms with van der Waals surface area (Å²) in [5.74, 6) is -0.723. The Balaban J connectivity index is 2.21. The number of ether oxygens (including phenoxy) is 1. The van der Waals surface area contributed by atoms with Crippen molar-refractivity contribution in [2.45, 2.75) is 13.8 Å². The Morgan fingerprint density at radius 1 is 1.47 bits per heavy atom. The highest BCUT2D eigenvalue weighted by Gasteiger charge is 2.20. The van der Waals surface area contributed by atoms with Crippen LogP contribution in [-0.2, 0) is 4.74 Å². The average molecular weight is 262 g/mol. The van der Waals surface area contributed by atoms with E-state index in [0.29, 0.717) is 16.9 Å². The Hall–Kier alpha value is -2.50. The van der Waals surface area contributed by atoms with Crippen LogP contribution in [0.1, 0.15) is 33.5 Å². The normalized spacial score (nSPS) is 10.2. The van der Waals surface area contributed by atoms with Crippen LogP contribution in [0.3, 0.4) is 0 Å². The van der Waals surface area contributed by atoms with E-state index < -0.39 is 11.9 Å². The predicted molar refractivity (Wildman–Crippen MR) is 68.1 cm³/mol. The topological polar surface area (TPSA) is 84.3 Å². The molecule has 6 nitrogen and oxygen atoms in total. The maximum atomic E-state index is 11.8. The van der Waals surface area contributed by atoms with Gasteiger partial charge in [-0.2, -0.15) is 0 Å². The standard InChI is InChI=1S/C13H14N2O4/c1-3-18-13(17)11-8(2)14-7-9(11)15-12(16)10-5-4-6-19-10/h4-7,14H,3H2,1-2H3,(H,15,16). The fraction of sp³-hybridized carbons (Fsp3) is 0.231. The van der Waals surface area contributed by atoms with Crippen LogP contribution in [0.25, 0.3) is 0 Å². The Morgan fingerprint density at radius 2 is 2.26 bits per heavy atom. The second kappa shape index (κ2) is 5.43. The summed E-state index contributed by atoms with van der Waals surface area (Å²) in [6.07, 6.45) is 2.95. The smallest absolute Gasteiger partial charge is 0.342 e. The lowest BCUT2D eigenvalue weighted by molar-refractivity contribution is 0.0527. The van der Waals surface area contributed by atoms with Crippen molar-refractivity contribution in [3.63, 3.8) is 0 Å². The number of aromatic amines is 1. The van der Waals surface area contributed by atoms with Crippen molar-refractivity contribution in [3.05, 3.63) is 41.6 Å². The molecule has 0 saturated carbocycles. The molecule has 0 aliphatic rings. The van der Waals surface area contributed by atoms with Crippen LogP contribution in [0.2, 0.25) is 0 Å². The SMILES string of the molecule is CCOC(=O)c1c(NC(=O)c2ccco2)c[nH]c1C. The van der Waals surface area contributed by atoms with Crippen LogP contribution in [0.15, 0.2) is 29.0 Å². The summed E-state index contributed by atoms with van der Waals surface area (Å²) in [6, 6.07) is 3.16. The van der Waals surface area contributed by atoms with E-state index in [4.69, 9.17) is 9.15 Å². The van der Waals surface area contributed by atoms with Gasteiger partial charge >= 0.3 is 5.97 Å². The number of anilines is 1. The van der Waals surface area contributed by atoms with E-state index in [9.17, 15) is 9.59 Å². The van der Waals surface area contributed by atoms with Crippen molar-refractivity contribution in [3.8, 4) is 0 Å². The molecule has 2 aromatic heterocycles. The molecule has 0 saturated heterocycles. The minimum atomic E-state index is -0.476. The molecule has 0 aliphatic heterocycles. The number of rotatable bonds is 4. The molecule has 2 N–H and O–H groups in total. The first-order chi connectivity index (χ1) is 9.13. The molecular weight excluding hydrogens is 248 g/mol. The molecule has 0 atom stereocenters. The van der Waals surface area contributed by atoms with Gasteiger partial charge in [-0.3, -0.25) is 4.79 Å². The maximum absolute atomic E-state index is 11.8. The van der Waals surface area contributed by atoms with Gasteiger partial charge < -0.3 is 19.5 Å². The third-order valence-electron chi connectivity index (χ3n) is 2.55. The molecule has 0 fully saturated rings. The first kappa shape index (κ1) is 12.9. The van der Waals surface area contributed by atoms with Gasteiger partial charge in [-0.25, -0.2) is 4.79 Å². The second-order valence-electron chi connectivity index (χ2n) is 3.85. The number of aryl methyl sites for hydroxylation is 1. The summed E-state index contributed by atoms with van der Waals surface area (Å²) >= 11 is 0. The number of furan rings is 1. The fourth-order valence-corrected chi connectivity index (χ4v) is 1.68. The fourth-order valence-electron chi connectivity index (χ4n) is 1.68. The molecule has 1 amide bonds. The van der Waals surface area contributed by atoms with E-state index in [1.165, 1.54) is 6.26 Å². The Morgan fingerprint density at radius 3 is 2.89 bits per heavy atom. The highest BCUT2D eigenvalue weighted by Crippen LogP contribution is 2.21. The molecule has 0 aliphatic carbocycles. The Kier molecular flexibility index (Phi) is 3.70. The minimum Gasteiger partial charge on any atom is -0.462 e. The van der Waals surface area contributed by atoms with Crippen LogP contribution in [-0.4, -0.2) is 23.5 Å². The number of aromatic nitrogens is 1. The molecule has 2 heterocycles. The zero-order chi connectivity index (χ0) is 13.8. The highest BCUT2D eigenvalue weighted by atomic mass is 16.5. The summed E-state index contributed by atoms with van der Waals surface area (Å²) in [7, 11) is 0. The number of amides is 1. The van der Waals surface area contributed by atoms with E-state index in [2.05, 4.69) is 10.3 Å². The quantitative estimate of drug-likeness (QED) is 0.828. The van der Waals surface area contributed by atoms with Gasteiger partial charge in [0.1, 0.15) is 5.56 Å². The van der Waals surface area contributed by atoms with E-state index in [1.54, 1.807) is 32.2 Å². The van der Waals surface area contributed by atoms with Gasteiger partial charge in [0.25, 0.3) is 5.91 Å². The predicted octanol–water partition coefficient (Wildman–Crippen LogP) is 2.35. The summed E-state index contributed by atoms with van der Waals surface area (Å²) in [5.41, 5.74) is 1.33. The van der Waals surface area contributed by atoms with Gasteiger partial charge in [0.15, 0.2) is 5.76 Å². The Bertz CT molecular complexity index is 584. The molecule has 2 aromatic rings. The van der Waals surface area contributed by atoms with Crippen molar-refractivity contribution >= 4 is 17.6 Å². The second-order valence-corrected chi connectivity index (χ2v) is 3.85. The number of nitrogens with one attached hydrogen (secondary N) is 2. The number of hydrogen-bond acceptors (Lipinski definition) is 4.